The van der Waals surface area contributed by atoms with Crippen LogP contribution in [0.5, 0.6) is 0 Å². The second-order valence-corrected chi connectivity index (χ2v) is 3.02. The zero-order chi connectivity index (χ0) is 10.1. The fourth-order valence-electron chi connectivity index (χ4n) is 1.50. The molecule has 0 aromatic carbocycles. The summed E-state index contributed by atoms with van der Waals surface area (Å²) < 4.78 is 4.68. The van der Waals surface area contributed by atoms with Crippen LogP contribution in [0.25, 0.3) is 11.0 Å². The van der Waals surface area contributed by atoms with Gasteiger partial charge >= 0.3 is 5.97 Å². The zero-order valence-corrected chi connectivity index (χ0v) is 8.00. The van der Waals surface area contributed by atoms with Gasteiger partial charge in [0.25, 0.3) is 0 Å². The molecule has 2 heterocycles. The Bertz CT molecular complexity index is 488. The van der Waals surface area contributed by atoms with Gasteiger partial charge in [-0.2, -0.15) is 0 Å². The van der Waals surface area contributed by atoms with Crippen LogP contribution in [0.2, 0.25) is 0 Å². The molecular formula is C10H10N2O2. The number of nitrogens with zero attached hydrogens (tertiary/aromatic N) is 1. The van der Waals surface area contributed by atoms with E-state index >= 15 is 0 Å². The first-order valence-electron chi connectivity index (χ1n) is 4.25. The monoisotopic (exact) mass is 190 g/mol. The van der Waals surface area contributed by atoms with Gasteiger partial charge in [-0.25, -0.2) is 4.79 Å². The van der Waals surface area contributed by atoms with Crippen molar-refractivity contribution in [2.45, 2.75) is 6.92 Å². The molecule has 2 aromatic heterocycles. The highest BCUT2D eigenvalue weighted by atomic mass is 16.5. The Hall–Kier alpha value is -1.84. The molecule has 1 N–H and O–H groups in total. The summed E-state index contributed by atoms with van der Waals surface area (Å²) in [4.78, 5) is 18.6. The summed E-state index contributed by atoms with van der Waals surface area (Å²) in [6.07, 6.45) is 1.65. The van der Waals surface area contributed by atoms with Gasteiger partial charge in [0.15, 0.2) is 0 Å². The number of nitrogens with one attached hydrogen (secondary N) is 1. The van der Waals surface area contributed by atoms with Gasteiger partial charge in [0.1, 0.15) is 11.1 Å². The molecule has 0 spiro atoms. The molecule has 2 rings (SSSR count). The predicted octanol–water partition coefficient (Wildman–Crippen LogP) is 1.66. The highest BCUT2D eigenvalue weighted by Gasteiger charge is 2.16. The fraction of sp³-hybridized carbons (Fsp3) is 0.200. The molecule has 2 aromatic rings. The molecule has 0 bridgehead atoms. The van der Waals surface area contributed by atoms with Gasteiger partial charge < -0.3 is 9.72 Å². The van der Waals surface area contributed by atoms with Crippen LogP contribution < -0.4 is 0 Å². The number of H-pyrrole nitrogens is 1. The lowest BCUT2D eigenvalue weighted by Gasteiger charge is -1.96. The quantitative estimate of drug-likeness (QED) is 0.696. The van der Waals surface area contributed by atoms with E-state index in [4.69, 9.17) is 0 Å². The van der Waals surface area contributed by atoms with Crippen molar-refractivity contribution in [2.75, 3.05) is 7.11 Å². The van der Waals surface area contributed by atoms with Crippen LogP contribution in [0.3, 0.4) is 0 Å². The molecule has 0 radical (unpaired) electrons. The SMILES string of the molecule is COC(=O)c1c(C)[nH]c2cccnc12. The lowest BCUT2D eigenvalue weighted by Crippen LogP contribution is -2.02. The second kappa shape index (κ2) is 3.14. The van der Waals surface area contributed by atoms with Crippen molar-refractivity contribution in [3.05, 3.63) is 29.6 Å². The van der Waals surface area contributed by atoms with Gasteiger partial charge in [-0.3, -0.25) is 4.98 Å². The number of aryl methyl sites for hydroxylation is 1. The molecule has 0 aliphatic heterocycles. The van der Waals surface area contributed by atoms with Crippen molar-refractivity contribution in [1.29, 1.82) is 0 Å². The number of rotatable bonds is 1. The van der Waals surface area contributed by atoms with Gasteiger partial charge in [-0.1, -0.05) is 0 Å². The maximum atomic E-state index is 11.4. The first-order chi connectivity index (χ1) is 6.74. The lowest BCUT2D eigenvalue weighted by atomic mass is 10.2. The Labute approximate surface area is 80.9 Å². The molecule has 0 atom stereocenters. The van der Waals surface area contributed by atoms with Gasteiger partial charge in [0.2, 0.25) is 0 Å². The molecule has 0 aliphatic rings. The Morgan fingerprint density at radius 2 is 2.36 bits per heavy atom. The van der Waals surface area contributed by atoms with Crippen LogP contribution in [-0.2, 0) is 4.74 Å². The molecule has 0 amide bonds. The average molecular weight is 190 g/mol. The summed E-state index contributed by atoms with van der Waals surface area (Å²) in [5.74, 6) is -0.354. The second-order valence-electron chi connectivity index (χ2n) is 3.02. The van der Waals surface area contributed by atoms with Crippen LogP contribution in [0, 0.1) is 6.92 Å². The van der Waals surface area contributed by atoms with Gasteiger partial charge in [0, 0.05) is 11.9 Å². The number of pyridine rings is 1. The van der Waals surface area contributed by atoms with Gasteiger partial charge in [-0.15, -0.1) is 0 Å². The third-order valence-corrected chi connectivity index (χ3v) is 2.13. The van der Waals surface area contributed by atoms with E-state index in [0.29, 0.717) is 11.1 Å². The molecule has 14 heavy (non-hydrogen) atoms. The van der Waals surface area contributed by atoms with Gasteiger partial charge in [0.05, 0.1) is 12.6 Å². The Morgan fingerprint density at radius 1 is 1.57 bits per heavy atom. The van der Waals surface area contributed by atoms with E-state index in [0.717, 1.165) is 11.2 Å². The number of ether oxygens (including phenoxy) is 1. The average Bonchev–Trinajstić information content (AvgIpc) is 2.53. The summed E-state index contributed by atoms with van der Waals surface area (Å²) in [5, 5.41) is 0. The molecule has 0 saturated heterocycles. The van der Waals surface area contributed by atoms with E-state index in [1.165, 1.54) is 7.11 Å². The first kappa shape index (κ1) is 8.74. The minimum atomic E-state index is -0.354. The number of carbonyl (C=O) groups is 1. The van der Waals surface area contributed by atoms with Crippen LogP contribution in [0.15, 0.2) is 18.3 Å². The number of carbonyl (C=O) groups excluding carboxylic acids is 1. The van der Waals surface area contributed by atoms with Crippen molar-refractivity contribution in [3.8, 4) is 0 Å². The number of hydrogen-bond donors (Lipinski definition) is 1. The third kappa shape index (κ3) is 1.16. The Kier molecular flexibility index (Phi) is 1.96. The van der Waals surface area contributed by atoms with Crippen molar-refractivity contribution >= 4 is 17.0 Å². The molecule has 0 saturated carbocycles. The molecular weight excluding hydrogens is 180 g/mol. The van der Waals surface area contributed by atoms with Crippen molar-refractivity contribution in [3.63, 3.8) is 0 Å². The smallest absolute Gasteiger partial charge is 0.341 e. The number of aromatic nitrogens is 2. The summed E-state index contributed by atoms with van der Waals surface area (Å²) in [7, 11) is 1.36. The third-order valence-electron chi connectivity index (χ3n) is 2.13. The number of methoxy groups -OCH3 is 1. The standard InChI is InChI=1S/C10H10N2O2/c1-6-8(10(13)14-2)9-7(12-6)4-3-5-11-9/h3-5,12H,1-2H3. The van der Waals surface area contributed by atoms with Crippen LogP contribution >= 0.6 is 0 Å². The Morgan fingerprint density at radius 3 is 3.07 bits per heavy atom. The summed E-state index contributed by atoms with van der Waals surface area (Å²) in [5.41, 5.74) is 2.82. The van der Waals surface area contributed by atoms with E-state index < -0.39 is 0 Å². The van der Waals surface area contributed by atoms with E-state index in [1.807, 2.05) is 19.1 Å². The predicted molar refractivity (Wildman–Crippen MR) is 52.2 cm³/mol. The number of fused-ring (bicyclic) bond motifs is 1. The largest absolute Gasteiger partial charge is 0.465 e. The van der Waals surface area contributed by atoms with E-state index in [2.05, 4.69) is 14.7 Å². The Balaban J connectivity index is 2.74. The zero-order valence-electron chi connectivity index (χ0n) is 8.00. The molecule has 0 aliphatic carbocycles. The number of aromatic amines is 1. The van der Waals surface area contributed by atoms with Crippen molar-refractivity contribution in [2.24, 2.45) is 0 Å². The molecule has 4 heteroatoms. The maximum absolute atomic E-state index is 11.4. The summed E-state index contributed by atoms with van der Waals surface area (Å²) in [6, 6.07) is 3.70. The maximum Gasteiger partial charge on any atom is 0.341 e. The minimum Gasteiger partial charge on any atom is -0.465 e. The number of esters is 1. The van der Waals surface area contributed by atoms with E-state index in [1.54, 1.807) is 6.20 Å². The van der Waals surface area contributed by atoms with Crippen LogP contribution in [0.1, 0.15) is 16.1 Å². The molecule has 0 unspecified atom stereocenters. The van der Waals surface area contributed by atoms with Crippen molar-refractivity contribution in [1.82, 2.24) is 9.97 Å². The van der Waals surface area contributed by atoms with E-state index in [-0.39, 0.29) is 5.97 Å². The lowest BCUT2D eigenvalue weighted by molar-refractivity contribution is 0.0602. The normalized spacial score (nSPS) is 10.4. The van der Waals surface area contributed by atoms with E-state index in [9.17, 15) is 4.79 Å². The molecule has 4 nitrogen and oxygen atoms in total. The highest BCUT2D eigenvalue weighted by Crippen LogP contribution is 2.19. The topological polar surface area (TPSA) is 55.0 Å². The number of hydrogen-bond acceptors (Lipinski definition) is 3. The molecule has 0 fully saturated rings. The highest BCUT2D eigenvalue weighted by molar-refractivity contribution is 6.03. The summed E-state index contributed by atoms with van der Waals surface area (Å²) >= 11 is 0. The summed E-state index contributed by atoms with van der Waals surface area (Å²) in [6.45, 7) is 1.83. The van der Waals surface area contributed by atoms with Crippen LogP contribution in [-0.4, -0.2) is 23.0 Å². The fourth-order valence-corrected chi connectivity index (χ4v) is 1.50. The van der Waals surface area contributed by atoms with Crippen LogP contribution in [0.4, 0.5) is 0 Å². The van der Waals surface area contributed by atoms with Crippen molar-refractivity contribution < 1.29 is 9.53 Å². The minimum absolute atomic E-state index is 0.354. The first-order valence-corrected chi connectivity index (χ1v) is 4.25. The van der Waals surface area contributed by atoms with Gasteiger partial charge in [-0.05, 0) is 19.1 Å². The molecule has 72 valence electrons.